The maximum absolute atomic E-state index is 12.5. The second-order valence-electron chi connectivity index (χ2n) is 5.31. The molecule has 1 aliphatic carbocycles. The van der Waals surface area contributed by atoms with Gasteiger partial charge in [0.1, 0.15) is 0 Å². The van der Waals surface area contributed by atoms with E-state index in [2.05, 4.69) is 15.5 Å². The maximum atomic E-state index is 12.5. The predicted molar refractivity (Wildman–Crippen MR) is 81.6 cm³/mol. The van der Waals surface area contributed by atoms with Crippen LogP contribution in [0.15, 0.2) is 6.07 Å². The number of nitrogens with zero attached hydrogens (tertiary/aromatic N) is 2. The zero-order valence-electron chi connectivity index (χ0n) is 11.9. The summed E-state index contributed by atoms with van der Waals surface area (Å²) >= 11 is 5.16. The minimum absolute atomic E-state index is 0.158. The zero-order valence-corrected chi connectivity index (χ0v) is 12.7. The van der Waals surface area contributed by atoms with Gasteiger partial charge in [0.15, 0.2) is 0 Å². The van der Waals surface area contributed by atoms with Crippen LogP contribution in [-0.2, 0) is 6.42 Å². The van der Waals surface area contributed by atoms with Crippen molar-refractivity contribution >= 4 is 23.1 Å². The van der Waals surface area contributed by atoms with Gasteiger partial charge in [-0.1, -0.05) is 32.0 Å². The van der Waals surface area contributed by atoms with Crippen molar-refractivity contribution in [3.63, 3.8) is 0 Å². The van der Waals surface area contributed by atoms with Crippen molar-refractivity contribution in [2.45, 2.75) is 51.5 Å². The molecule has 1 aromatic heterocycles. The summed E-state index contributed by atoms with van der Waals surface area (Å²) in [5.74, 6) is -0.158. The fourth-order valence-electron chi connectivity index (χ4n) is 2.67. The summed E-state index contributed by atoms with van der Waals surface area (Å²) in [6.07, 6.45) is 4.36. The van der Waals surface area contributed by atoms with Crippen LogP contribution >= 0.6 is 12.2 Å². The molecule has 5 nitrogen and oxygen atoms in total. The quantitative estimate of drug-likeness (QED) is 0.825. The summed E-state index contributed by atoms with van der Waals surface area (Å²) in [5, 5.41) is 11.1. The van der Waals surface area contributed by atoms with Crippen LogP contribution in [0.1, 0.15) is 54.4 Å². The van der Waals surface area contributed by atoms with E-state index < -0.39 is 5.54 Å². The molecule has 0 spiro atoms. The van der Waals surface area contributed by atoms with Crippen LogP contribution in [0.4, 0.5) is 0 Å². The van der Waals surface area contributed by atoms with Crippen LogP contribution in [0.3, 0.4) is 0 Å². The second-order valence-corrected chi connectivity index (χ2v) is 5.75. The third-order valence-electron chi connectivity index (χ3n) is 3.85. The number of carbonyl (C=O) groups is 1. The molecule has 0 aliphatic heterocycles. The van der Waals surface area contributed by atoms with Crippen LogP contribution in [0, 0.1) is 6.92 Å². The summed E-state index contributed by atoms with van der Waals surface area (Å²) in [5.41, 5.74) is 7.31. The van der Waals surface area contributed by atoms with Crippen molar-refractivity contribution in [2.24, 2.45) is 5.73 Å². The number of aryl methyl sites for hydroxylation is 2. The summed E-state index contributed by atoms with van der Waals surface area (Å²) in [6, 6.07) is 1.77. The highest BCUT2D eigenvalue weighted by molar-refractivity contribution is 7.80. The molecule has 1 aromatic rings. The zero-order chi connectivity index (χ0) is 14.8. The van der Waals surface area contributed by atoms with E-state index in [-0.39, 0.29) is 5.91 Å². The molecule has 20 heavy (non-hydrogen) atoms. The van der Waals surface area contributed by atoms with Crippen LogP contribution in [0.2, 0.25) is 0 Å². The Morgan fingerprint density at radius 1 is 1.45 bits per heavy atom. The summed E-state index contributed by atoms with van der Waals surface area (Å²) in [7, 11) is 0. The van der Waals surface area contributed by atoms with Gasteiger partial charge in [0.25, 0.3) is 5.91 Å². The number of carbonyl (C=O) groups excluding carboxylic acids is 1. The van der Waals surface area contributed by atoms with Crippen molar-refractivity contribution in [1.82, 2.24) is 15.5 Å². The van der Waals surface area contributed by atoms with Gasteiger partial charge in [-0.15, -0.1) is 0 Å². The van der Waals surface area contributed by atoms with Gasteiger partial charge in [0, 0.05) is 0 Å². The van der Waals surface area contributed by atoms with Gasteiger partial charge >= 0.3 is 0 Å². The molecular formula is C14H20N4OS. The first kappa shape index (κ1) is 14.8. The van der Waals surface area contributed by atoms with Crippen molar-refractivity contribution in [2.75, 3.05) is 0 Å². The average molecular weight is 292 g/mol. The molecule has 0 atom stereocenters. The van der Waals surface area contributed by atoms with Gasteiger partial charge in [-0.3, -0.25) is 4.79 Å². The monoisotopic (exact) mass is 292 g/mol. The highest BCUT2D eigenvalue weighted by atomic mass is 32.1. The first-order valence-electron chi connectivity index (χ1n) is 6.94. The summed E-state index contributed by atoms with van der Waals surface area (Å²) in [4.78, 5) is 12.9. The van der Waals surface area contributed by atoms with Crippen LogP contribution in [0.25, 0.3) is 0 Å². The third kappa shape index (κ3) is 2.80. The van der Waals surface area contributed by atoms with Gasteiger partial charge in [0.2, 0.25) is 0 Å². The van der Waals surface area contributed by atoms with Crippen LogP contribution < -0.4 is 11.1 Å². The van der Waals surface area contributed by atoms with Crippen LogP contribution in [0.5, 0.6) is 0 Å². The Labute approximate surface area is 124 Å². The number of aromatic nitrogens is 2. The lowest BCUT2D eigenvalue weighted by atomic mass is 9.96. The topological polar surface area (TPSA) is 80.9 Å². The number of nitrogens with two attached hydrogens (primary N) is 1. The fraction of sp³-hybridized carbons (Fsp3) is 0.571. The first-order chi connectivity index (χ1) is 9.48. The second kappa shape index (κ2) is 5.83. The Morgan fingerprint density at radius 3 is 2.65 bits per heavy atom. The highest BCUT2D eigenvalue weighted by Crippen LogP contribution is 2.30. The molecule has 0 aromatic carbocycles. The molecule has 0 bridgehead atoms. The smallest absolute Gasteiger partial charge is 0.254 e. The first-order valence-corrected chi connectivity index (χ1v) is 7.35. The van der Waals surface area contributed by atoms with E-state index >= 15 is 0 Å². The van der Waals surface area contributed by atoms with Crippen molar-refractivity contribution in [3.8, 4) is 0 Å². The lowest BCUT2D eigenvalue weighted by molar-refractivity contribution is 0.0922. The number of thiocarbonyl (C=S) groups is 1. The van der Waals surface area contributed by atoms with Crippen molar-refractivity contribution in [1.29, 1.82) is 0 Å². The van der Waals surface area contributed by atoms with E-state index in [9.17, 15) is 4.79 Å². The van der Waals surface area contributed by atoms with E-state index in [0.29, 0.717) is 22.7 Å². The molecule has 1 aliphatic rings. The molecule has 6 heteroatoms. The standard InChI is InChI=1S/C14H20N4OS/c1-3-11-10(8-9(2)17-18-11)12(19)16-14(13(15)20)6-4-5-7-14/h8H,3-7H2,1-2H3,(H2,15,20)(H,16,19). The Balaban J connectivity index is 2.28. The van der Waals surface area contributed by atoms with E-state index in [4.69, 9.17) is 18.0 Å². The Morgan fingerprint density at radius 2 is 2.10 bits per heavy atom. The largest absolute Gasteiger partial charge is 0.391 e. The summed E-state index contributed by atoms with van der Waals surface area (Å²) < 4.78 is 0. The van der Waals surface area contributed by atoms with Crippen molar-refractivity contribution in [3.05, 3.63) is 23.0 Å². The van der Waals surface area contributed by atoms with Gasteiger partial charge in [-0.05, 0) is 32.3 Å². The summed E-state index contributed by atoms with van der Waals surface area (Å²) in [6.45, 7) is 3.77. The lowest BCUT2D eigenvalue weighted by Gasteiger charge is -2.29. The molecule has 0 saturated heterocycles. The molecular weight excluding hydrogens is 272 g/mol. The minimum atomic E-state index is -0.533. The molecule has 1 saturated carbocycles. The lowest BCUT2D eigenvalue weighted by Crippen LogP contribution is -2.55. The SMILES string of the molecule is CCc1nnc(C)cc1C(=O)NC1(C(N)=S)CCCC1. The van der Waals surface area contributed by atoms with Gasteiger partial charge < -0.3 is 11.1 Å². The highest BCUT2D eigenvalue weighted by Gasteiger charge is 2.38. The van der Waals surface area contributed by atoms with Crippen LogP contribution in [-0.4, -0.2) is 26.6 Å². The van der Waals surface area contributed by atoms with E-state index in [0.717, 1.165) is 31.4 Å². The third-order valence-corrected chi connectivity index (χ3v) is 4.24. The molecule has 2 rings (SSSR count). The molecule has 0 unspecified atom stereocenters. The number of nitrogens with one attached hydrogen (secondary N) is 1. The normalized spacial score (nSPS) is 16.9. The average Bonchev–Trinajstić information content (AvgIpc) is 2.88. The minimum Gasteiger partial charge on any atom is -0.391 e. The van der Waals surface area contributed by atoms with E-state index in [1.165, 1.54) is 0 Å². The molecule has 3 N–H and O–H groups in total. The van der Waals surface area contributed by atoms with Gasteiger partial charge in [-0.2, -0.15) is 10.2 Å². The maximum Gasteiger partial charge on any atom is 0.254 e. The molecule has 1 fully saturated rings. The van der Waals surface area contributed by atoms with E-state index in [1.54, 1.807) is 6.07 Å². The number of amides is 1. The Kier molecular flexibility index (Phi) is 4.32. The Bertz CT molecular complexity index is 538. The van der Waals surface area contributed by atoms with Gasteiger partial charge in [-0.25, -0.2) is 0 Å². The van der Waals surface area contributed by atoms with Crippen molar-refractivity contribution < 1.29 is 4.79 Å². The molecule has 1 amide bonds. The Hall–Kier alpha value is -1.56. The molecule has 108 valence electrons. The van der Waals surface area contributed by atoms with Gasteiger partial charge in [0.05, 0.1) is 27.5 Å². The number of hydrogen-bond acceptors (Lipinski definition) is 4. The fourth-order valence-corrected chi connectivity index (χ4v) is 2.92. The predicted octanol–water partition coefficient (Wildman–Crippen LogP) is 1.68. The molecule has 1 heterocycles. The molecule has 0 radical (unpaired) electrons. The van der Waals surface area contributed by atoms with E-state index in [1.807, 2.05) is 13.8 Å². The number of rotatable bonds is 4. The number of hydrogen-bond donors (Lipinski definition) is 2.